The summed E-state index contributed by atoms with van der Waals surface area (Å²) >= 11 is 0. The fraction of sp³-hybridized carbons (Fsp3) is 0.636. The molecule has 6 heteroatoms. The maximum Gasteiger partial charge on any atom is 0.242 e. The van der Waals surface area contributed by atoms with E-state index in [9.17, 15) is 9.59 Å². The molecule has 6 nitrogen and oxygen atoms in total. The van der Waals surface area contributed by atoms with Gasteiger partial charge in [0.2, 0.25) is 11.8 Å². The molecule has 0 aromatic heterocycles. The van der Waals surface area contributed by atoms with Crippen molar-refractivity contribution in [1.82, 2.24) is 15.1 Å². The van der Waals surface area contributed by atoms with Gasteiger partial charge in [0.1, 0.15) is 6.04 Å². The first kappa shape index (κ1) is 20.8. The molecule has 2 amide bonds. The van der Waals surface area contributed by atoms with Crippen LogP contribution in [-0.2, 0) is 16.1 Å². The van der Waals surface area contributed by atoms with Crippen molar-refractivity contribution in [1.29, 1.82) is 0 Å². The van der Waals surface area contributed by atoms with E-state index in [1.165, 1.54) is 5.56 Å². The highest BCUT2D eigenvalue weighted by Crippen LogP contribution is 2.35. The van der Waals surface area contributed by atoms with Crippen LogP contribution in [0.3, 0.4) is 0 Å². The molecule has 1 aromatic carbocycles. The summed E-state index contributed by atoms with van der Waals surface area (Å²) in [7, 11) is 0. The van der Waals surface area contributed by atoms with Crippen molar-refractivity contribution < 1.29 is 9.59 Å². The molecule has 2 fully saturated rings. The number of benzene rings is 1. The smallest absolute Gasteiger partial charge is 0.242 e. The minimum atomic E-state index is -0.380. The Labute approximate surface area is 168 Å². The Morgan fingerprint density at radius 1 is 1.25 bits per heavy atom. The van der Waals surface area contributed by atoms with Gasteiger partial charge in [-0.05, 0) is 30.7 Å². The molecule has 2 unspecified atom stereocenters. The molecule has 0 radical (unpaired) electrons. The molecule has 0 bridgehead atoms. The molecule has 2 aliphatic rings. The van der Waals surface area contributed by atoms with Crippen LogP contribution in [-0.4, -0.2) is 59.9 Å². The normalized spacial score (nSPS) is 22.1. The first-order chi connectivity index (χ1) is 13.5. The summed E-state index contributed by atoms with van der Waals surface area (Å²) in [5.41, 5.74) is 6.80. The maximum atomic E-state index is 12.8. The summed E-state index contributed by atoms with van der Waals surface area (Å²) in [5, 5.41) is 2.89. The molecule has 0 spiro atoms. The molecule has 3 rings (SSSR count). The van der Waals surface area contributed by atoms with E-state index in [1.807, 2.05) is 11.0 Å². The molecule has 1 aliphatic carbocycles. The van der Waals surface area contributed by atoms with Gasteiger partial charge in [0.05, 0.1) is 0 Å². The number of carbonyl (C=O) groups excluding carboxylic acids is 2. The van der Waals surface area contributed by atoms with Crippen LogP contribution < -0.4 is 11.1 Å². The molecule has 2 atom stereocenters. The van der Waals surface area contributed by atoms with Crippen molar-refractivity contribution in [3.8, 4) is 0 Å². The van der Waals surface area contributed by atoms with E-state index in [2.05, 4.69) is 48.3 Å². The van der Waals surface area contributed by atoms with Crippen LogP contribution in [0.2, 0.25) is 0 Å². The Morgan fingerprint density at radius 2 is 1.96 bits per heavy atom. The molecule has 1 saturated heterocycles. The van der Waals surface area contributed by atoms with Crippen LogP contribution in [0.15, 0.2) is 30.3 Å². The monoisotopic (exact) mass is 386 g/mol. The molecule has 28 heavy (non-hydrogen) atoms. The number of amides is 2. The summed E-state index contributed by atoms with van der Waals surface area (Å²) in [6.45, 7) is 7.71. The lowest BCUT2D eigenvalue weighted by atomic mass is 10.1. The number of hydrogen-bond donors (Lipinski definition) is 2. The molecule has 1 saturated carbocycles. The minimum Gasteiger partial charge on any atom is -0.353 e. The number of nitrogens with one attached hydrogen (secondary N) is 1. The largest absolute Gasteiger partial charge is 0.353 e. The number of likely N-dealkylation sites (tertiary alicyclic amines) is 1. The minimum absolute atomic E-state index is 0.0637. The third-order valence-electron chi connectivity index (χ3n) is 5.58. The Hall–Kier alpha value is -1.92. The summed E-state index contributed by atoms with van der Waals surface area (Å²) in [6.07, 6.45) is 2.60. The number of carbonyl (C=O) groups is 2. The van der Waals surface area contributed by atoms with Crippen LogP contribution in [0, 0.1) is 11.8 Å². The van der Waals surface area contributed by atoms with E-state index in [0.717, 1.165) is 25.9 Å². The average molecular weight is 387 g/mol. The third kappa shape index (κ3) is 5.32. The summed E-state index contributed by atoms with van der Waals surface area (Å²) in [6, 6.07) is 10.2. The van der Waals surface area contributed by atoms with Crippen molar-refractivity contribution in [3.05, 3.63) is 35.9 Å². The van der Waals surface area contributed by atoms with Gasteiger partial charge in [-0.1, -0.05) is 44.2 Å². The van der Waals surface area contributed by atoms with E-state index < -0.39 is 0 Å². The van der Waals surface area contributed by atoms with Crippen LogP contribution in [0.5, 0.6) is 0 Å². The van der Waals surface area contributed by atoms with Gasteiger partial charge in [0, 0.05) is 44.7 Å². The fourth-order valence-corrected chi connectivity index (χ4v) is 4.08. The fourth-order valence-electron chi connectivity index (χ4n) is 4.08. The highest BCUT2D eigenvalue weighted by Gasteiger charge is 2.45. The molecular formula is C22H34N4O2. The van der Waals surface area contributed by atoms with Crippen molar-refractivity contribution in [2.75, 3.05) is 26.2 Å². The van der Waals surface area contributed by atoms with Gasteiger partial charge in [-0.3, -0.25) is 14.5 Å². The zero-order chi connectivity index (χ0) is 20.1. The number of nitrogens with two attached hydrogens (primary N) is 1. The first-order valence-electron chi connectivity index (χ1n) is 10.6. The Bertz CT molecular complexity index is 660. The lowest BCUT2D eigenvalue weighted by molar-refractivity contribution is -0.139. The Balaban J connectivity index is 1.75. The van der Waals surface area contributed by atoms with Gasteiger partial charge in [-0.25, -0.2) is 0 Å². The standard InChI is InChI=1S/C22H34N4O2/c1-16(2)13-25(14-17-6-4-3-5-7-17)19-12-20(21(27)24-11-10-23)26(15-19)22(28)18-8-9-18/h3-7,16,18-20H,8-15,23H2,1-2H3,(H,24,27). The average Bonchev–Trinajstić information content (AvgIpc) is 3.43. The molecular weight excluding hydrogens is 352 g/mol. The predicted molar refractivity (Wildman–Crippen MR) is 110 cm³/mol. The zero-order valence-electron chi connectivity index (χ0n) is 17.1. The van der Waals surface area contributed by atoms with Gasteiger partial charge in [-0.2, -0.15) is 0 Å². The number of nitrogens with zero attached hydrogens (tertiary/aromatic N) is 2. The van der Waals surface area contributed by atoms with E-state index in [-0.39, 0.29) is 29.8 Å². The van der Waals surface area contributed by atoms with Crippen LogP contribution in [0.1, 0.15) is 38.7 Å². The van der Waals surface area contributed by atoms with Crippen molar-refractivity contribution in [2.45, 2.75) is 51.7 Å². The Kier molecular flexibility index (Phi) is 7.08. The molecule has 1 heterocycles. The zero-order valence-corrected chi connectivity index (χ0v) is 17.1. The van der Waals surface area contributed by atoms with Gasteiger partial charge in [-0.15, -0.1) is 0 Å². The van der Waals surface area contributed by atoms with Crippen LogP contribution in [0.25, 0.3) is 0 Å². The Morgan fingerprint density at radius 3 is 2.57 bits per heavy atom. The molecule has 154 valence electrons. The second-order valence-corrected chi connectivity index (χ2v) is 8.56. The number of rotatable bonds is 9. The SMILES string of the molecule is CC(C)CN(Cc1ccccc1)C1CC(C(=O)NCCN)N(C(=O)C2CC2)C1. The lowest BCUT2D eigenvalue weighted by Crippen LogP contribution is -2.47. The lowest BCUT2D eigenvalue weighted by Gasteiger charge is -2.30. The van der Waals surface area contributed by atoms with Gasteiger partial charge >= 0.3 is 0 Å². The first-order valence-corrected chi connectivity index (χ1v) is 10.6. The number of hydrogen-bond acceptors (Lipinski definition) is 4. The van der Waals surface area contributed by atoms with Crippen LogP contribution >= 0.6 is 0 Å². The predicted octanol–water partition coefficient (Wildman–Crippen LogP) is 1.60. The maximum absolute atomic E-state index is 12.8. The second kappa shape index (κ2) is 9.52. The molecule has 1 aliphatic heterocycles. The van der Waals surface area contributed by atoms with Gasteiger partial charge in [0.15, 0.2) is 0 Å². The van der Waals surface area contributed by atoms with Gasteiger partial charge < -0.3 is 16.0 Å². The third-order valence-corrected chi connectivity index (χ3v) is 5.58. The summed E-state index contributed by atoms with van der Waals surface area (Å²) in [4.78, 5) is 29.9. The van der Waals surface area contributed by atoms with Crippen LogP contribution in [0.4, 0.5) is 0 Å². The highest BCUT2D eigenvalue weighted by atomic mass is 16.2. The van der Waals surface area contributed by atoms with Crippen molar-refractivity contribution in [3.63, 3.8) is 0 Å². The summed E-state index contributed by atoms with van der Waals surface area (Å²) < 4.78 is 0. The van der Waals surface area contributed by atoms with E-state index >= 15 is 0 Å². The topological polar surface area (TPSA) is 78.7 Å². The van der Waals surface area contributed by atoms with Gasteiger partial charge in [0.25, 0.3) is 0 Å². The second-order valence-electron chi connectivity index (χ2n) is 8.56. The van der Waals surface area contributed by atoms with E-state index in [1.54, 1.807) is 0 Å². The highest BCUT2D eigenvalue weighted by molar-refractivity contribution is 5.90. The molecule has 1 aromatic rings. The quantitative estimate of drug-likeness (QED) is 0.676. The summed E-state index contributed by atoms with van der Waals surface area (Å²) in [5.74, 6) is 0.725. The molecule has 3 N–H and O–H groups in total. The van der Waals surface area contributed by atoms with Crippen molar-refractivity contribution >= 4 is 11.8 Å². The van der Waals surface area contributed by atoms with E-state index in [4.69, 9.17) is 5.73 Å². The van der Waals surface area contributed by atoms with E-state index in [0.29, 0.717) is 32.0 Å². The van der Waals surface area contributed by atoms with Crippen molar-refractivity contribution in [2.24, 2.45) is 17.6 Å².